The van der Waals surface area contributed by atoms with Crippen molar-refractivity contribution in [3.63, 3.8) is 0 Å². The minimum atomic E-state index is -0.382. The molecule has 0 atom stereocenters. The van der Waals surface area contributed by atoms with E-state index in [1.807, 2.05) is 13.8 Å². The Bertz CT molecular complexity index is 973. The lowest BCUT2D eigenvalue weighted by Crippen LogP contribution is -2.28. The van der Waals surface area contributed by atoms with E-state index in [4.69, 9.17) is 16.3 Å². The maximum absolute atomic E-state index is 12.1. The standard InChI is InChI=1S/C24H26ClNO4/c1-4-30-24(29)20-10-8-17(7-9-18-11-12-21(27)15-22(18)25)19(14-20)6-5-13-26-23(28)16(2)3/h8,10-12,14-16,27H,4-6,13H2,1-3H3,(H,26,28). The van der Waals surface area contributed by atoms with Gasteiger partial charge in [0.25, 0.3) is 0 Å². The molecule has 0 aliphatic heterocycles. The van der Waals surface area contributed by atoms with Crippen LogP contribution < -0.4 is 5.32 Å². The van der Waals surface area contributed by atoms with Gasteiger partial charge in [0.05, 0.1) is 17.2 Å². The van der Waals surface area contributed by atoms with Gasteiger partial charge >= 0.3 is 5.97 Å². The number of amides is 1. The number of halogens is 1. The van der Waals surface area contributed by atoms with Gasteiger partial charge in [0.2, 0.25) is 5.91 Å². The van der Waals surface area contributed by atoms with Crippen molar-refractivity contribution in [1.29, 1.82) is 0 Å². The summed E-state index contributed by atoms with van der Waals surface area (Å²) in [7, 11) is 0. The average molecular weight is 428 g/mol. The fourth-order valence-electron chi connectivity index (χ4n) is 2.70. The highest BCUT2D eigenvalue weighted by atomic mass is 35.5. The Hall–Kier alpha value is -2.97. The second kappa shape index (κ2) is 11.3. The van der Waals surface area contributed by atoms with E-state index in [2.05, 4.69) is 17.2 Å². The molecule has 0 heterocycles. The molecule has 0 unspecified atom stereocenters. The van der Waals surface area contributed by atoms with Crippen molar-refractivity contribution in [3.8, 4) is 17.6 Å². The van der Waals surface area contributed by atoms with Gasteiger partial charge in [-0.2, -0.15) is 0 Å². The van der Waals surface area contributed by atoms with Crippen molar-refractivity contribution >= 4 is 23.5 Å². The fraction of sp³-hybridized carbons (Fsp3) is 0.333. The molecule has 2 aromatic carbocycles. The Kier molecular flexibility index (Phi) is 8.76. The summed E-state index contributed by atoms with van der Waals surface area (Å²) >= 11 is 6.13. The Morgan fingerprint density at radius 2 is 1.83 bits per heavy atom. The quantitative estimate of drug-likeness (QED) is 0.392. The van der Waals surface area contributed by atoms with Crippen LogP contribution in [0, 0.1) is 17.8 Å². The van der Waals surface area contributed by atoms with Crippen LogP contribution in [-0.2, 0) is 16.0 Å². The number of esters is 1. The van der Waals surface area contributed by atoms with Gasteiger partial charge < -0.3 is 15.2 Å². The molecule has 0 spiro atoms. The summed E-state index contributed by atoms with van der Waals surface area (Å²) < 4.78 is 5.09. The molecule has 0 aliphatic rings. The number of hydrogen-bond donors (Lipinski definition) is 2. The number of aromatic hydroxyl groups is 1. The van der Waals surface area contributed by atoms with Gasteiger partial charge in [0.1, 0.15) is 5.75 Å². The summed E-state index contributed by atoms with van der Waals surface area (Å²) in [6.45, 7) is 6.30. The molecule has 0 saturated carbocycles. The van der Waals surface area contributed by atoms with Crippen LogP contribution in [0.25, 0.3) is 0 Å². The van der Waals surface area contributed by atoms with E-state index in [1.54, 1.807) is 31.2 Å². The molecule has 0 aromatic heterocycles. The zero-order valence-corrected chi connectivity index (χ0v) is 18.2. The first-order valence-electron chi connectivity index (χ1n) is 9.90. The molecule has 0 saturated heterocycles. The highest BCUT2D eigenvalue weighted by Gasteiger charge is 2.11. The lowest BCUT2D eigenvalue weighted by molar-refractivity contribution is -0.123. The minimum Gasteiger partial charge on any atom is -0.508 e. The van der Waals surface area contributed by atoms with Crippen LogP contribution in [0.2, 0.25) is 5.02 Å². The summed E-state index contributed by atoms with van der Waals surface area (Å²) in [4.78, 5) is 23.8. The zero-order chi connectivity index (χ0) is 22.1. The first kappa shape index (κ1) is 23.3. The van der Waals surface area contributed by atoms with Crippen molar-refractivity contribution in [2.75, 3.05) is 13.2 Å². The molecule has 5 nitrogen and oxygen atoms in total. The van der Waals surface area contributed by atoms with Gasteiger partial charge in [-0.3, -0.25) is 4.79 Å². The van der Waals surface area contributed by atoms with E-state index in [-0.39, 0.29) is 23.5 Å². The van der Waals surface area contributed by atoms with Crippen LogP contribution in [0.15, 0.2) is 36.4 Å². The predicted octanol–water partition coefficient (Wildman–Crippen LogP) is 4.33. The van der Waals surface area contributed by atoms with Crippen molar-refractivity contribution in [2.45, 2.75) is 33.6 Å². The smallest absolute Gasteiger partial charge is 0.338 e. The average Bonchev–Trinajstić information content (AvgIpc) is 2.71. The monoisotopic (exact) mass is 427 g/mol. The van der Waals surface area contributed by atoms with Crippen molar-refractivity contribution in [3.05, 3.63) is 63.7 Å². The third-order valence-corrected chi connectivity index (χ3v) is 4.66. The van der Waals surface area contributed by atoms with Gasteiger partial charge in [-0.25, -0.2) is 4.79 Å². The normalized spacial score (nSPS) is 10.3. The number of nitrogens with one attached hydrogen (secondary N) is 1. The molecule has 2 aromatic rings. The summed E-state index contributed by atoms with van der Waals surface area (Å²) in [5.74, 6) is 5.76. The molecule has 30 heavy (non-hydrogen) atoms. The number of carbonyl (C=O) groups excluding carboxylic acids is 2. The lowest BCUT2D eigenvalue weighted by Gasteiger charge is -2.10. The molecular weight excluding hydrogens is 402 g/mol. The van der Waals surface area contributed by atoms with Crippen molar-refractivity contribution in [1.82, 2.24) is 5.32 Å². The van der Waals surface area contributed by atoms with Crippen LogP contribution in [0.4, 0.5) is 0 Å². The van der Waals surface area contributed by atoms with Gasteiger partial charge in [-0.05, 0) is 61.7 Å². The van der Waals surface area contributed by atoms with Gasteiger partial charge in [0.15, 0.2) is 0 Å². The lowest BCUT2D eigenvalue weighted by atomic mass is 9.99. The van der Waals surface area contributed by atoms with Crippen molar-refractivity contribution in [2.24, 2.45) is 5.92 Å². The number of hydrogen-bond acceptors (Lipinski definition) is 4. The van der Waals surface area contributed by atoms with Crippen LogP contribution in [-0.4, -0.2) is 30.1 Å². The summed E-state index contributed by atoms with van der Waals surface area (Å²) in [6, 6.07) is 9.87. The Morgan fingerprint density at radius 1 is 1.13 bits per heavy atom. The number of phenols is 1. The number of benzene rings is 2. The van der Waals surface area contributed by atoms with Crippen LogP contribution >= 0.6 is 11.6 Å². The number of ether oxygens (including phenoxy) is 1. The molecule has 2 N–H and O–H groups in total. The number of carbonyl (C=O) groups is 2. The van der Waals surface area contributed by atoms with E-state index < -0.39 is 0 Å². The van der Waals surface area contributed by atoms with Crippen LogP contribution in [0.3, 0.4) is 0 Å². The minimum absolute atomic E-state index is 0.0114. The second-order valence-corrected chi connectivity index (χ2v) is 7.46. The Morgan fingerprint density at radius 3 is 2.50 bits per heavy atom. The topological polar surface area (TPSA) is 75.6 Å². The second-order valence-electron chi connectivity index (χ2n) is 7.06. The molecule has 6 heteroatoms. The highest BCUT2D eigenvalue weighted by molar-refractivity contribution is 6.31. The Balaban J connectivity index is 2.24. The summed E-state index contributed by atoms with van der Waals surface area (Å²) in [6.07, 6.45) is 1.35. The number of phenolic OH excluding ortho intramolecular Hbond substituents is 1. The van der Waals surface area contributed by atoms with Crippen LogP contribution in [0.1, 0.15) is 54.2 Å². The van der Waals surface area contributed by atoms with E-state index in [1.165, 1.54) is 12.1 Å². The predicted molar refractivity (Wildman–Crippen MR) is 118 cm³/mol. The molecule has 158 valence electrons. The third kappa shape index (κ3) is 6.82. The van der Waals surface area contributed by atoms with E-state index in [0.29, 0.717) is 42.1 Å². The van der Waals surface area contributed by atoms with Crippen molar-refractivity contribution < 1.29 is 19.4 Å². The third-order valence-electron chi connectivity index (χ3n) is 4.35. The van der Waals surface area contributed by atoms with E-state index in [9.17, 15) is 14.7 Å². The van der Waals surface area contributed by atoms with E-state index in [0.717, 1.165) is 11.1 Å². The molecule has 0 radical (unpaired) electrons. The summed E-state index contributed by atoms with van der Waals surface area (Å²) in [5.41, 5.74) is 2.72. The largest absolute Gasteiger partial charge is 0.508 e. The molecule has 2 rings (SSSR count). The zero-order valence-electron chi connectivity index (χ0n) is 17.4. The first-order chi connectivity index (χ1) is 14.3. The fourth-order valence-corrected chi connectivity index (χ4v) is 2.92. The maximum Gasteiger partial charge on any atom is 0.338 e. The Labute approximate surface area is 182 Å². The molecular formula is C24H26ClNO4. The number of aryl methyl sites for hydroxylation is 1. The highest BCUT2D eigenvalue weighted by Crippen LogP contribution is 2.21. The van der Waals surface area contributed by atoms with Gasteiger partial charge in [-0.1, -0.05) is 37.3 Å². The molecule has 0 fully saturated rings. The molecule has 0 bridgehead atoms. The molecule has 0 aliphatic carbocycles. The van der Waals surface area contributed by atoms with Gasteiger partial charge in [0, 0.05) is 23.6 Å². The van der Waals surface area contributed by atoms with Crippen LogP contribution in [0.5, 0.6) is 5.75 Å². The first-order valence-corrected chi connectivity index (χ1v) is 10.3. The number of rotatable bonds is 7. The maximum atomic E-state index is 12.1. The van der Waals surface area contributed by atoms with E-state index >= 15 is 0 Å². The van der Waals surface area contributed by atoms with Gasteiger partial charge in [-0.15, -0.1) is 0 Å². The SMILES string of the molecule is CCOC(=O)c1ccc(C#Cc2ccc(O)cc2Cl)c(CCCNC(=O)C(C)C)c1. The summed E-state index contributed by atoms with van der Waals surface area (Å²) in [5, 5.41) is 12.7. The molecule has 1 amide bonds.